The van der Waals surface area contributed by atoms with Crippen LogP contribution in [0.5, 0.6) is 0 Å². The second-order valence-corrected chi connectivity index (χ2v) is 9.39. The van der Waals surface area contributed by atoms with Crippen LogP contribution in [0, 0.1) is 0 Å². The van der Waals surface area contributed by atoms with E-state index in [1.165, 1.54) is 41.1 Å². The van der Waals surface area contributed by atoms with Crippen LogP contribution in [0.3, 0.4) is 0 Å². The average molecular weight is 473 g/mol. The van der Waals surface area contributed by atoms with Gasteiger partial charge in [-0.15, -0.1) is 0 Å². The van der Waals surface area contributed by atoms with Crippen molar-refractivity contribution >= 4 is 33.4 Å². The molecule has 2 aromatic rings. The highest BCUT2D eigenvalue weighted by atomic mass is 32.2. The van der Waals surface area contributed by atoms with Gasteiger partial charge < -0.3 is 10.1 Å². The molecule has 32 heavy (non-hydrogen) atoms. The van der Waals surface area contributed by atoms with Gasteiger partial charge in [-0.2, -0.15) is 13.2 Å². The zero-order chi connectivity index (χ0) is 24.2. The lowest BCUT2D eigenvalue weighted by atomic mass is 10.2. The molecule has 0 saturated heterocycles. The minimum Gasteiger partial charge on any atom is -0.444 e. The van der Waals surface area contributed by atoms with E-state index in [1.54, 1.807) is 20.8 Å². The minimum atomic E-state index is -4.68. The molecule has 2 rings (SSSR count). The molecule has 12 heteroatoms. The molecule has 0 aliphatic rings. The van der Waals surface area contributed by atoms with Crippen molar-refractivity contribution in [2.24, 2.45) is 0 Å². The number of hydrogen-bond donors (Lipinski definition) is 3. The molecule has 0 aromatic heterocycles. The molecule has 0 heterocycles. The third-order valence-corrected chi connectivity index (χ3v) is 5.09. The number of alkyl halides is 3. The van der Waals surface area contributed by atoms with Crippen molar-refractivity contribution in [1.29, 1.82) is 0 Å². The first kappa shape index (κ1) is 25.1. The molecular weight excluding hydrogens is 451 g/mol. The van der Waals surface area contributed by atoms with Crippen LogP contribution >= 0.6 is 0 Å². The van der Waals surface area contributed by atoms with E-state index in [1.807, 2.05) is 0 Å². The Balaban J connectivity index is 1.98. The number of carbonyl (C=O) groups is 2. The van der Waals surface area contributed by atoms with Crippen LogP contribution in [0.4, 0.5) is 29.3 Å². The van der Waals surface area contributed by atoms with Gasteiger partial charge in [0.15, 0.2) is 0 Å². The van der Waals surface area contributed by atoms with Gasteiger partial charge in [0.2, 0.25) is 10.0 Å². The molecule has 0 bridgehead atoms. The predicted molar refractivity (Wildman–Crippen MR) is 112 cm³/mol. The van der Waals surface area contributed by atoms with Crippen molar-refractivity contribution < 1.29 is 35.9 Å². The smallest absolute Gasteiger partial charge is 0.412 e. The van der Waals surface area contributed by atoms with E-state index in [2.05, 4.69) is 10.6 Å². The standard InChI is InChI=1S/C20H22F3N3O5S/c1-19(2,3)31-18(28)26-15-6-4-13(5-7-15)17(27)25-14-8-10-16(11-9-14)32(29,30)24-12-20(21,22)23/h4-11,24H,12H2,1-3H3,(H,25,27)(H,26,28). The molecule has 0 radical (unpaired) electrons. The molecule has 0 unspecified atom stereocenters. The van der Waals surface area contributed by atoms with Crippen molar-refractivity contribution in [2.45, 2.75) is 37.4 Å². The first-order valence-electron chi connectivity index (χ1n) is 9.22. The van der Waals surface area contributed by atoms with Crippen LogP contribution < -0.4 is 15.4 Å². The summed E-state index contributed by atoms with van der Waals surface area (Å²) in [5, 5.41) is 5.07. The Morgan fingerprint density at radius 2 is 1.38 bits per heavy atom. The first-order valence-corrected chi connectivity index (χ1v) is 10.7. The van der Waals surface area contributed by atoms with Gasteiger partial charge in [-0.05, 0) is 69.3 Å². The van der Waals surface area contributed by atoms with E-state index in [9.17, 15) is 31.2 Å². The van der Waals surface area contributed by atoms with Crippen LogP contribution in [0.2, 0.25) is 0 Å². The van der Waals surface area contributed by atoms with Crippen molar-refractivity contribution in [3.05, 3.63) is 54.1 Å². The summed E-state index contributed by atoms with van der Waals surface area (Å²) in [5.41, 5.74) is 0.244. The molecule has 0 fully saturated rings. The van der Waals surface area contributed by atoms with E-state index >= 15 is 0 Å². The van der Waals surface area contributed by atoms with Crippen LogP contribution in [-0.4, -0.2) is 38.7 Å². The highest BCUT2D eigenvalue weighted by Gasteiger charge is 2.30. The van der Waals surface area contributed by atoms with E-state index in [0.717, 1.165) is 12.1 Å². The summed E-state index contributed by atoms with van der Waals surface area (Å²) >= 11 is 0. The Morgan fingerprint density at radius 1 is 0.875 bits per heavy atom. The monoisotopic (exact) mass is 473 g/mol. The minimum absolute atomic E-state index is 0.237. The fourth-order valence-corrected chi connectivity index (χ4v) is 3.32. The molecule has 0 saturated carbocycles. The molecular formula is C20H22F3N3O5S. The number of sulfonamides is 1. The number of amides is 2. The average Bonchev–Trinajstić information content (AvgIpc) is 2.65. The van der Waals surface area contributed by atoms with Gasteiger partial charge in [0, 0.05) is 16.9 Å². The number of ether oxygens (including phenoxy) is 1. The third-order valence-electron chi connectivity index (χ3n) is 3.68. The van der Waals surface area contributed by atoms with Gasteiger partial charge in [-0.1, -0.05) is 0 Å². The molecule has 0 aliphatic carbocycles. The zero-order valence-corrected chi connectivity index (χ0v) is 18.2. The molecule has 0 atom stereocenters. The van der Waals surface area contributed by atoms with Gasteiger partial charge >= 0.3 is 12.3 Å². The van der Waals surface area contributed by atoms with Gasteiger partial charge in [0.25, 0.3) is 5.91 Å². The van der Waals surface area contributed by atoms with Gasteiger partial charge in [-0.3, -0.25) is 10.1 Å². The van der Waals surface area contributed by atoms with Gasteiger partial charge in [0.1, 0.15) is 12.1 Å². The molecule has 0 aliphatic heterocycles. The Hall–Kier alpha value is -3.12. The maximum atomic E-state index is 12.4. The van der Waals surface area contributed by atoms with Crippen molar-refractivity contribution in [3.63, 3.8) is 0 Å². The number of halogens is 3. The summed E-state index contributed by atoms with van der Waals surface area (Å²) < 4.78 is 67.0. The second kappa shape index (κ2) is 9.57. The van der Waals surface area contributed by atoms with Crippen molar-refractivity contribution in [3.8, 4) is 0 Å². The fourth-order valence-electron chi connectivity index (χ4n) is 2.31. The third kappa shape index (κ3) is 8.19. The van der Waals surface area contributed by atoms with Crippen LogP contribution in [0.15, 0.2) is 53.4 Å². The van der Waals surface area contributed by atoms with E-state index in [-0.39, 0.29) is 16.1 Å². The predicted octanol–water partition coefficient (Wildman–Crippen LogP) is 4.13. The fraction of sp³-hybridized carbons (Fsp3) is 0.300. The number of anilines is 2. The maximum absolute atomic E-state index is 12.4. The lowest BCUT2D eigenvalue weighted by Gasteiger charge is -2.19. The molecule has 2 amide bonds. The van der Waals surface area contributed by atoms with Crippen LogP contribution in [0.1, 0.15) is 31.1 Å². The summed E-state index contributed by atoms with van der Waals surface area (Å²) in [4.78, 5) is 23.7. The summed E-state index contributed by atoms with van der Waals surface area (Å²) in [6.45, 7) is 3.48. The summed E-state index contributed by atoms with van der Waals surface area (Å²) in [7, 11) is -4.34. The number of benzene rings is 2. The largest absolute Gasteiger partial charge is 0.444 e. The van der Waals surface area contributed by atoms with Gasteiger partial charge in [-0.25, -0.2) is 17.9 Å². The Bertz CT molecular complexity index is 1060. The molecule has 0 spiro atoms. The SMILES string of the molecule is CC(C)(C)OC(=O)Nc1ccc(C(=O)Nc2ccc(S(=O)(=O)NCC(F)(F)F)cc2)cc1. The van der Waals surface area contributed by atoms with Crippen LogP contribution in [0.25, 0.3) is 0 Å². The Kier molecular flexibility index (Phi) is 7.52. The number of nitrogens with one attached hydrogen (secondary N) is 3. The summed E-state index contributed by atoms with van der Waals surface area (Å²) in [6.07, 6.45) is -5.33. The summed E-state index contributed by atoms with van der Waals surface area (Å²) in [6, 6.07) is 10.6. The molecule has 3 N–H and O–H groups in total. The zero-order valence-electron chi connectivity index (χ0n) is 17.4. The molecule has 174 valence electrons. The second-order valence-electron chi connectivity index (χ2n) is 7.62. The lowest BCUT2D eigenvalue weighted by molar-refractivity contribution is -0.121. The van der Waals surface area contributed by atoms with Crippen molar-refractivity contribution in [1.82, 2.24) is 4.72 Å². The van der Waals surface area contributed by atoms with Gasteiger partial charge in [0.05, 0.1) is 4.90 Å². The summed E-state index contributed by atoms with van der Waals surface area (Å²) in [5.74, 6) is -0.514. The first-order chi connectivity index (χ1) is 14.6. The lowest BCUT2D eigenvalue weighted by Crippen LogP contribution is -2.33. The number of hydrogen-bond acceptors (Lipinski definition) is 5. The van der Waals surface area contributed by atoms with Crippen molar-refractivity contribution in [2.75, 3.05) is 17.2 Å². The van der Waals surface area contributed by atoms with Crippen LogP contribution in [-0.2, 0) is 14.8 Å². The molecule has 2 aromatic carbocycles. The molecule has 8 nitrogen and oxygen atoms in total. The number of rotatable bonds is 6. The quantitative estimate of drug-likeness (QED) is 0.584. The maximum Gasteiger partial charge on any atom is 0.412 e. The highest BCUT2D eigenvalue weighted by Crippen LogP contribution is 2.18. The van der Waals surface area contributed by atoms with E-state index < -0.39 is 40.3 Å². The van der Waals surface area contributed by atoms with E-state index in [0.29, 0.717) is 5.69 Å². The highest BCUT2D eigenvalue weighted by molar-refractivity contribution is 7.89. The normalized spacial score (nSPS) is 12.2. The number of carbonyl (C=O) groups excluding carboxylic acids is 2. The Morgan fingerprint density at radius 3 is 1.88 bits per heavy atom. The van der Waals surface area contributed by atoms with E-state index in [4.69, 9.17) is 4.74 Å². The Labute approximate surface area is 183 Å². The topological polar surface area (TPSA) is 114 Å².